The zero-order valence-electron chi connectivity index (χ0n) is 16.2. The van der Waals surface area contributed by atoms with Crippen LogP contribution in [0, 0.1) is 12.0 Å². The summed E-state index contributed by atoms with van der Waals surface area (Å²) in [6.45, 7) is 6.89. The van der Waals surface area contributed by atoms with Crippen molar-refractivity contribution in [1.29, 1.82) is 0 Å². The molecule has 1 radical (unpaired) electrons. The number of benzene rings is 1. The predicted molar refractivity (Wildman–Crippen MR) is 105 cm³/mol. The van der Waals surface area contributed by atoms with Gasteiger partial charge in [0.05, 0.1) is 6.26 Å². The normalized spacial score (nSPS) is 12.6. The molecule has 0 amide bonds. The van der Waals surface area contributed by atoms with Crippen LogP contribution >= 0.6 is 0 Å². The van der Waals surface area contributed by atoms with E-state index in [-0.39, 0.29) is 0 Å². The number of hydrogen-bond donors (Lipinski definition) is 0. The number of hydrogen-bond acceptors (Lipinski definition) is 1. The van der Waals surface area contributed by atoms with Gasteiger partial charge in [-0.1, -0.05) is 77.8 Å². The van der Waals surface area contributed by atoms with Gasteiger partial charge in [0.15, 0.2) is 0 Å². The van der Waals surface area contributed by atoms with E-state index < -0.39 is 0 Å². The van der Waals surface area contributed by atoms with E-state index in [2.05, 4.69) is 39.0 Å². The van der Waals surface area contributed by atoms with Gasteiger partial charge in [0, 0.05) is 0 Å². The molecule has 1 aromatic rings. The lowest BCUT2D eigenvalue weighted by Gasteiger charge is -2.09. The van der Waals surface area contributed by atoms with Crippen LogP contribution in [0.3, 0.4) is 0 Å². The van der Waals surface area contributed by atoms with Gasteiger partial charge in [-0.2, -0.15) is 0 Å². The Morgan fingerprint density at radius 2 is 1.92 bits per heavy atom. The minimum Gasteiger partial charge on any atom is -0.465 e. The minimum absolute atomic E-state index is 0.873. The van der Waals surface area contributed by atoms with Crippen LogP contribution in [0.25, 0.3) is 0 Å². The molecule has 0 saturated heterocycles. The lowest BCUT2D eigenvalue weighted by atomic mass is 9.99. The highest BCUT2D eigenvalue weighted by molar-refractivity contribution is 5.33. The first kappa shape index (κ1) is 20.8. The van der Waals surface area contributed by atoms with Crippen molar-refractivity contribution in [2.24, 2.45) is 5.92 Å². The third kappa shape index (κ3) is 9.80. The maximum Gasteiger partial charge on any atom is 0.130 e. The molecule has 24 heavy (non-hydrogen) atoms. The van der Waals surface area contributed by atoms with Crippen LogP contribution in [0.4, 0.5) is 0 Å². The number of ether oxygens (including phenoxy) is 1. The van der Waals surface area contributed by atoms with Gasteiger partial charge in [-0.15, -0.1) is 0 Å². The molecular weight excluding hydrogens is 292 g/mol. The molecule has 0 aliphatic rings. The Morgan fingerprint density at radius 3 is 2.71 bits per heavy atom. The molecule has 1 aromatic carbocycles. The summed E-state index contributed by atoms with van der Waals surface area (Å²) < 4.78 is 5.84. The van der Waals surface area contributed by atoms with Crippen molar-refractivity contribution in [3.8, 4) is 5.75 Å². The van der Waals surface area contributed by atoms with Gasteiger partial charge in [0.25, 0.3) is 0 Å². The van der Waals surface area contributed by atoms with Gasteiger partial charge in [0.2, 0.25) is 0 Å². The summed E-state index contributed by atoms with van der Waals surface area (Å²) in [6, 6.07) is 9.25. The second-order valence-corrected chi connectivity index (χ2v) is 6.99. The molecule has 0 aliphatic carbocycles. The zero-order chi connectivity index (χ0) is 17.5. The molecule has 1 heteroatoms. The Hall–Kier alpha value is -1.24. The summed E-state index contributed by atoms with van der Waals surface area (Å²) in [5, 5.41) is 0. The summed E-state index contributed by atoms with van der Waals surface area (Å²) in [5.74, 6) is 1.85. The van der Waals surface area contributed by atoms with Gasteiger partial charge in [-0.05, 0) is 55.4 Å². The molecule has 0 saturated carbocycles. The topological polar surface area (TPSA) is 9.23 Å². The molecule has 0 aromatic heterocycles. The molecule has 1 unspecified atom stereocenters. The largest absolute Gasteiger partial charge is 0.465 e. The van der Waals surface area contributed by atoms with E-state index in [1.165, 1.54) is 63.4 Å². The summed E-state index contributed by atoms with van der Waals surface area (Å²) in [7, 11) is 0. The second-order valence-electron chi connectivity index (χ2n) is 6.99. The van der Waals surface area contributed by atoms with Crippen molar-refractivity contribution in [2.75, 3.05) is 0 Å². The lowest BCUT2D eigenvalue weighted by Crippen LogP contribution is -1.94. The molecule has 0 heterocycles. The Labute approximate surface area is 150 Å². The van der Waals surface area contributed by atoms with E-state index in [0.717, 1.165) is 24.5 Å². The van der Waals surface area contributed by atoms with Gasteiger partial charge in [-0.3, -0.25) is 0 Å². The molecule has 0 spiro atoms. The summed E-state index contributed by atoms with van der Waals surface area (Å²) in [4.78, 5) is 0. The maximum absolute atomic E-state index is 5.84. The zero-order valence-corrected chi connectivity index (χ0v) is 16.2. The second kappa shape index (κ2) is 14.1. The number of rotatable bonds is 14. The minimum atomic E-state index is 0.873. The van der Waals surface area contributed by atoms with E-state index in [9.17, 15) is 0 Å². The van der Waals surface area contributed by atoms with E-state index in [1.807, 2.05) is 18.4 Å². The number of aryl methyl sites for hydroxylation is 1. The van der Waals surface area contributed by atoms with Crippen molar-refractivity contribution in [1.82, 2.24) is 0 Å². The molecule has 1 nitrogen and oxygen atoms in total. The summed E-state index contributed by atoms with van der Waals surface area (Å²) >= 11 is 0. The SMILES string of the molecule is CCCCCCC=COc1c[c]ccc1CCCCCC(C)CC. The fraction of sp³-hybridized carbons (Fsp3) is 0.652. The van der Waals surface area contributed by atoms with Crippen LogP contribution in [-0.4, -0.2) is 0 Å². The van der Waals surface area contributed by atoms with Crippen LogP contribution in [0.2, 0.25) is 0 Å². The van der Waals surface area contributed by atoms with Crippen LogP contribution in [0.15, 0.2) is 30.5 Å². The Kier molecular flexibility index (Phi) is 12.3. The quantitative estimate of drug-likeness (QED) is 0.253. The van der Waals surface area contributed by atoms with Crippen molar-refractivity contribution in [3.05, 3.63) is 42.2 Å². The van der Waals surface area contributed by atoms with E-state index in [4.69, 9.17) is 4.74 Å². The summed E-state index contributed by atoms with van der Waals surface area (Å²) in [6.07, 6.45) is 18.0. The van der Waals surface area contributed by atoms with Gasteiger partial charge in [0.1, 0.15) is 5.75 Å². The third-order valence-corrected chi connectivity index (χ3v) is 4.77. The van der Waals surface area contributed by atoms with Crippen LogP contribution in [0.1, 0.15) is 90.5 Å². The van der Waals surface area contributed by atoms with Crippen molar-refractivity contribution < 1.29 is 4.74 Å². The molecule has 0 N–H and O–H groups in total. The number of allylic oxidation sites excluding steroid dienone is 1. The standard InChI is InChI=1S/C23H37O/c1-4-6-7-8-9-15-20-24-23-19-14-13-18-22(23)17-12-10-11-16-21(3)5-2/h13,15,18-21H,4-12,16-17H2,1-3H3. The molecule has 0 bridgehead atoms. The molecule has 135 valence electrons. The molecule has 0 aliphatic heterocycles. The lowest BCUT2D eigenvalue weighted by molar-refractivity contribution is 0.463. The molecule has 1 rings (SSSR count). The van der Waals surface area contributed by atoms with Gasteiger partial charge >= 0.3 is 0 Å². The van der Waals surface area contributed by atoms with Gasteiger partial charge < -0.3 is 4.74 Å². The van der Waals surface area contributed by atoms with Crippen molar-refractivity contribution >= 4 is 0 Å². The van der Waals surface area contributed by atoms with Crippen molar-refractivity contribution in [3.63, 3.8) is 0 Å². The Morgan fingerprint density at radius 1 is 1.08 bits per heavy atom. The monoisotopic (exact) mass is 329 g/mol. The van der Waals surface area contributed by atoms with Crippen LogP contribution < -0.4 is 4.74 Å². The van der Waals surface area contributed by atoms with Crippen LogP contribution in [-0.2, 0) is 6.42 Å². The molecular formula is C23H37O. The first-order valence-corrected chi connectivity index (χ1v) is 10.1. The fourth-order valence-corrected chi connectivity index (χ4v) is 2.83. The first-order chi connectivity index (χ1) is 11.8. The van der Waals surface area contributed by atoms with E-state index in [0.29, 0.717) is 0 Å². The predicted octanol–water partition coefficient (Wildman–Crippen LogP) is 7.50. The van der Waals surface area contributed by atoms with Crippen molar-refractivity contribution in [2.45, 2.75) is 91.4 Å². The number of unbranched alkanes of at least 4 members (excludes halogenated alkanes) is 6. The summed E-state index contributed by atoms with van der Waals surface area (Å²) in [5.41, 5.74) is 1.31. The highest BCUT2D eigenvalue weighted by atomic mass is 16.5. The van der Waals surface area contributed by atoms with Gasteiger partial charge in [-0.25, -0.2) is 0 Å². The Balaban J connectivity index is 2.27. The van der Waals surface area contributed by atoms with E-state index in [1.54, 1.807) is 0 Å². The maximum atomic E-state index is 5.84. The average molecular weight is 330 g/mol. The molecule has 1 atom stereocenters. The fourth-order valence-electron chi connectivity index (χ4n) is 2.83. The average Bonchev–Trinajstić information content (AvgIpc) is 2.61. The third-order valence-electron chi connectivity index (χ3n) is 4.77. The Bertz CT molecular complexity index is 435. The highest BCUT2D eigenvalue weighted by Crippen LogP contribution is 2.21. The first-order valence-electron chi connectivity index (χ1n) is 10.1. The van der Waals surface area contributed by atoms with Crippen LogP contribution in [0.5, 0.6) is 5.75 Å². The smallest absolute Gasteiger partial charge is 0.130 e. The molecule has 0 fully saturated rings. The van der Waals surface area contributed by atoms with E-state index >= 15 is 0 Å². The highest BCUT2D eigenvalue weighted by Gasteiger charge is 2.03.